The van der Waals surface area contributed by atoms with Gasteiger partial charge in [-0.05, 0) is 43.7 Å². The molecule has 0 saturated carbocycles. The molecule has 2 heterocycles. The summed E-state index contributed by atoms with van der Waals surface area (Å²) in [5.74, 6) is 1.40. The summed E-state index contributed by atoms with van der Waals surface area (Å²) < 4.78 is 6.13. The predicted octanol–water partition coefficient (Wildman–Crippen LogP) is 4.61. The van der Waals surface area contributed by atoms with E-state index in [0.29, 0.717) is 5.76 Å². The van der Waals surface area contributed by atoms with Crippen LogP contribution in [0.3, 0.4) is 0 Å². The zero-order chi connectivity index (χ0) is 19.0. The second kappa shape index (κ2) is 6.87. The van der Waals surface area contributed by atoms with E-state index >= 15 is 0 Å². The van der Waals surface area contributed by atoms with E-state index < -0.39 is 0 Å². The first-order valence-corrected chi connectivity index (χ1v) is 9.74. The van der Waals surface area contributed by atoms with E-state index in [2.05, 4.69) is 19.3 Å². The van der Waals surface area contributed by atoms with Crippen molar-refractivity contribution >= 4 is 17.3 Å². The van der Waals surface area contributed by atoms with Crippen LogP contribution < -0.4 is 5.43 Å². The smallest absolute Gasteiger partial charge is 0.289 e. The summed E-state index contributed by atoms with van der Waals surface area (Å²) in [6, 6.07) is 9.92. The van der Waals surface area contributed by atoms with Crippen LogP contribution in [0, 0.1) is 12.3 Å². The first-order chi connectivity index (χ1) is 12.9. The van der Waals surface area contributed by atoms with Crippen LogP contribution in [-0.2, 0) is 6.42 Å². The third-order valence-electron chi connectivity index (χ3n) is 5.47. The molecule has 27 heavy (non-hydrogen) atoms. The minimum atomic E-state index is 0.0209. The van der Waals surface area contributed by atoms with E-state index in [4.69, 9.17) is 9.52 Å². The topological polar surface area (TPSA) is 57.8 Å². The fourth-order valence-corrected chi connectivity index (χ4v) is 4.12. The summed E-state index contributed by atoms with van der Waals surface area (Å²) in [7, 11) is 0. The van der Waals surface area contributed by atoms with Crippen molar-refractivity contribution in [3.8, 4) is 0 Å². The first kappa shape index (κ1) is 17.8. The molecule has 0 spiro atoms. The molecule has 1 aromatic carbocycles. The first-order valence-electron chi connectivity index (χ1n) is 9.74. The van der Waals surface area contributed by atoms with E-state index in [1.807, 2.05) is 42.2 Å². The number of hydrazone groups is 1. The molecule has 0 radical (unpaired) electrons. The van der Waals surface area contributed by atoms with E-state index in [1.165, 1.54) is 0 Å². The van der Waals surface area contributed by atoms with Gasteiger partial charge in [-0.3, -0.25) is 10.2 Å². The summed E-state index contributed by atoms with van der Waals surface area (Å²) in [4.78, 5) is 14.8. The van der Waals surface area contributed by atoms with Crippen LogP contribution in [0.2, 0.25) is 0 Å². The zero-order valence-electron chi connectivity index (χ0n) is 16.3. The van der Waals surface area contributed by atoms with Gasteiger partial charge in [0.1, 0.15) is 5.76 Å². The number of rotatable bonds is 3. The van der Waals surface area contributed by atoms with E-state index in [0.717, 1.165) is 67.1 Å². The van der Waals surface area contributed by atoms with E-state index in [-0.39, 0.29) is 11.3 Å². The SMILES string of the molecule is Cc1c(C(=O)N2CCCC2)oc2c1/C(=N\Nc1ccccc1)CC(C)(C)C2. The Hall–Kier alpha value is -2.56. The van der Waals surface area contributed by atoms with Crippen LogP contribution in [-0.4, -0.2) is 29.6 Å². The summed E-state index contributed by atoms with van der Waals surface area (Å²) in [6.07, 6.45) is 3.82. The number of furan rings is 1. The number of benzene rings is 1. The lowest BCUT2D eigenvalue weighted by Crippen LogP contribution is -2.28. The highest BCUT2D eigenvalue weighted by Gasteiger charge is 2.37. The molecular formula is C22H27N3O2. The molecule has 0 bridgehead atoms. The molecule has 2 aromatic rings. The number of likely N-dealkylation sites (tertiary alicyclic amines) is 1. The molecule has 4 rings (SSSR count). The van der Waals surface area contributed by atoms with Gasteiger partial charge < -0.3 is 9.32 Å². The molecule has 2 aliphatic rings. The third kappa shape index (κ3) is 3.51. The van der Waals surface area contributed by atoms with Crippen LogP contribution in [0.4, 0.5) is 5.69 Å². The Bertz CT molecular complexity index is 874. The third-order valence-corrected chi connectivity index (χ3v) is 5.47. The van der Waals surface area contributed by atoms with Crippen molar-refractivity contribution in [3.05, 3.63) is 53.0 Å². The Labute approximate surface area is 160 Å². The van der Waals surface area contributed by atoms with Gasteiger partial charge in [0.05, 0.1) is 11.4 Å². The van der Waals surface area contributed by atoms with Crippen molar-refractivity contribution in [1.82, 2.24) is 4.90 Å². The fraction of sp³-hybridized carbons (Fsp3) is 0.455. The number of carbonyl (C=O) groups is 1. The van der Waals surface area contributed by atoms with Crippen molar-refractivity contribution in [2.45, 2.75) is 46.5 Å². The summed E-state index contributed by atoms with van der Waals surface area (Å²) in [5.41, 5.74) is 7.06. The number of carbonyl (C=O) groups excluding carboxylic acids is 1. The fourth-order valence-electron chi connectivity index (χ4n) is 4.12. The lowest BCUT2D eigenvalue weighted by Gasteiger charge is -2.29. The maximum absolute atomic E-state index is 12.9. The summed E-state index contributed by atoms with van der Waals surface area (Å²) in [6.45, 7) is 8.07. The second-order valence-electron chi connectivity index (χ2n) is 8.41. The molecule has 1 saturated heterocycles. The molecule has 5 nitrogen and oxygen atoms in total. The number of nitrogens with zero attached hydrogens (tertiary/aromatic N) is 2. The number of anilines is 1. The predicted molar refractivity (Wildman–Crippen MR) is 107 cm³/mol. The van der Waals surface area contributed by atoms with E-state index in [1.54, 1.807) is 0 Å². The van der Waals surface area contributed by atoms with Gasteiger partial charge in [0.2, 0.25) is 0 Å². The average Bonchev–Trinajstić information content (AvgIpc) is 3.28. The normalized spacial score (nSPS) is 20.0. The summed E-state index contributed by atoms with van der Waals surface area (Å²) in [5, 5.41) is 4.70. The molecule has 1 aliphatic carbocycles. The molecule has 1 amide bonds. The Kier molecular flexibility index (Phi) is 4.54. The Balaban J connectivity index is 1.70. The van der Waals surface area contributed by atoms with Gasteiger partial charge in [0.15, 0.2) is 5.76 Å². The molecule has 142 valence electrons. The number of hydrogen-bond acceptors (Lipinski definition) is 4. The van der Waals surface area contributed by atoms with Gasteiger partial charge in [-0.2, -0.15) is 5.10 Å². The van der Waals surface area contributed by atoms with Crippen molar-refractivity contribution in [2.75, 3.05) is 18.5 Å². The Morgan fingerprint density at radius 2 is 1.85 bits per heavy atom. The van der Waals surface area contributed by atoms with Crippen LogP contribution >= 0.6 is 0 Å². The number of amides is 1. The molecule has 1 aromatic heterocycles. The lowest BCUT2D eigenvalue weighted by atomic mass is 9.75. The van der Waals surface area contributed by atoms with E-state index in [9.17, 15) is 4.79 Å². The van der Waals surface area contributed by atoms with Crippen LogP contribution in [0.5, 0.6) is 0 Å². The highest BCUT2D eigenvalue weighted by molar-refractivity contribution is 6.07. The Morgan fingerprint density at radius 3 is 2.56 bits per heavy atom. The highest BCUT2D eigenvalue weighted by atomic mass is 16.4. The quantitative estimate of drug-likeness (QED) is 0.808. The summed E-state index contributed by atoms with van der Waals surface area (Å²) >= 11 is 0. The van der Waals surface area contributed by atoms with Crippen LogP contribution in [0.25, 0.3) is 0 Å². The minimum absolute atomic E-state index is 0.0209. The molecule has 1 aliphatic heterocycles. The zero-order valence-corrected chi connectivity index (χ0v) is 16.3. The van der Waals surface area contributed by atoms with Gasteiger partial charge in [-0.15, -0.1) is 0 Å². The Morgan fingerprint density at radius 1 is 1.15 bits per heavy atom. The molecule has 1 fully saturated rings. The van der Waals surface area contributed by atoms with Gasteiger partial charge in [-0.1, -0.05) is 32.0 Å². The van der Waals surface area contributed by atoms with Gasteiger partial charge in [0, 0.05) is 30.6 Å². The molecule has 5 heteroatoms. The highest BCUT2D eigenvalue weighted by Crippen LogP contribution is 2.39. The van der Waals surface area contributed by atoms with Crippen molar-refractivity contribution < 1.29 is 9.21 Å². The van der Waals surface area contributed by atoms with Gasteiger partial charge in [0.25, 0.3) is 5.91 Å². The molecule has 0 atom stereocenters. The maximum atomic E-state index is 12.9. The van der Waals surface area contributed by atoms with Crippen molar-refractivity contribution in [2.24, 2.45) is 10.5 Å². The number of hydrogen-bond donors (Lipinski definition) is 1. The van der Waals surface area contributed by atoms with Crippen LogP contribution in [0.1, 0.15) is 60.6 Å². The lowest BCUT2D eigenvalue weighted by molar-refractivity contribution is 0.0757. The van der Waals surface area contributed by atoms with Crippen molar-refractivity contribution in [3.63, 3.8) is 0 Å². The van der Waals surface area contributed by atoms with Gasteiger partial charge >= 0.3 is 0 Å². The monoisotopic (exact) mass is 365 g/mol. The number of nitrogens with one attached hydrogen (secondary N) is 1. The number of para-hydroxylation sites is 1. The average molecular weight is 365 g/mol. The molecular weight excluding hydrogens is 338 g/mol. The second-order valence-corrected chi connectivity index (χ2v) is 8.41. The standard InChI is InChI=1S/C22H27N3O2/c1-15-19-17(24-23-16-9-5-4-6-10-16)13-22(2,3)14-18(19)27-20(15)21(26)25-11-7-8-12-25/h4-6,9-10,23H,7-8,11-14H2,1-3H3/b24-17-. The maximum Gasteiger partial charge on any atom is 0.289 e. The van der Waals surface area contributed by atoms with Crippen LogP contribution in [0.15, 0.2) is 39.9 Å². The molecule has 1 N–H and O–H groups in total. The van der Waals surface area contributed by atoms with Crippen molar-refractivity contribution in [1.29, 1.82) is 0 Å². The minimum Gasteiger partial charge on any atom is -0.455 e. The number of fused-ring (bicyclic) bond motifs is 1. The largest absolute Gasteiger partial charge is 0.455 e. The van der Waals surface area contributed by atoms with Gasteiger partial charge in [-0.25, -0.2) is 0 Å². The molecule has 0 unspecified atom stereocenters.